The fourth-order valence-corrected chi connectivity index (χ4v) is 2.07. The molecule has 0 spiro atoms. The summed E-state index contributed by atoms with van der Waals surface area (Å²) in [5.74, 6) is -0.732. The van der Waals surface area contributed by atoms with E-state index in [1.165, 1.54) is 18.2 Å². The largest absolute Gasteiger partial charge is 0.342 e. The summed E-state index contributed by atoms with van der Waals surface area (Å²) in [6.45, 7) is 1.79. The zero-order valence-electron chi connectivity index (χ0n) is 10.9. The second kappa shape index (κ2) is 5.36. The molecular formula is C15H16F2N2. The van der Waals surface area contributed by atoms with Crippen LogP contribution < -0.4 is 10.6 Å². The van der Waals surface area contributed by atoms with Crippen LogP contribution in [0.15, 0.2) is 42.5 Å². The lowest BCUT2D eigenvalue weighted by Crippen LogP contribution is -2.17. The highest BCUT2D eigenvalue weighted by Gasteiger charge is 2.16. The molecule has 0 aliphatic rings. The second-order valence-electron chi connectivity index (χ2n) is 4.51. The minimum absolute atomic E-state index is 0.304. The lowest BCUT2D eigenvalue weighted by Gasteiger charge is -2.24. The Kier molecular flexibility index (Phi) is 3.81. The van der Waals surface area contributed by atoms with Crippen molar-refractivity contribution in [1.82, 2.24) is 0 Å². The van der Waals surface area contributed by atoms with Gasteiger partial charge in [0.15, 0.2) is 0 Å². The fourth-order valence-electron chi connectivity index (χ4n) is 2.07. The van der Waals surface area contributed by atoms with Gasteiger partial charge in [-0.25, -0.2) is 8.78 Å². The molecule has 0 aromatic heterocycles. The molecule has 0 saturated heterocycles. The number of halogens is 2. The van der Waals surface area contributed by atoms with Crippen LogP contribution in [0.2, 0.25) is 0 Å². The minimum atomic E-state index is -0.374. The van der Waals surface area contributed by atoms with E-state index >= 15 is 0 Å². The highest BCUT2D eigenvalue weighted by atomic mass is 19.1. The van der Waals surface area contributed by atoms with Gasteiger partial charge in [-0.15, -0.1) is 0 Å². The Balaban J connectivity index is 2.52. The van der Waals surface area contributed by atoms with Crippen molar-refractivity contribution in [3.8, 4) is 0 Å². The Hall–Kier alpha value is -1.94. The van der Waals surface area contributed by atoms with E-state index in [1.54, 1.807) is 43.1 Å². The highest BCUT2D eigenvalue weighted by molar-refractivity contribution is 5.67. The van der Waals surface area contributed by atoms with Crippen molar-refractivity contribution >= 4 is 11.4 Å². The topological polar surface area (TPSA) is 29.3 Å². The molecule has 0 saturated carbocycles. The number of nitrogens with zero attached hydrogens (tertiary/aromatic N) is 1. The molecule has 0 aliphatic heterocycles. The van der Waals surface area contributed by atoms with Crippen LogP contribution in [0.25, 0.3) is 0 Å². The first kappa shape index (κ1) is 13.5. The van der Waals surface area contributed by atoms with Gasteiger partial charge in [-0.05, 0) is 36.8 Å². The van der Waals surface area contributed by atoms with Gasteiger partial charge in [0.1, 0.15) is 11.6 Å². The lowest BCUT2D eigenvalue weighted by molar-refractivity contribution is 0.619. The summed E-state index contributed by atoms with van der Waals surface area (Å²) in [5.41, 5.74) is 7.50. The number of anilines is 2. The van der Waals surface area contributed by atoms with Crippen molar-refractivity contribution in [3.63, 3.8) is 0 Å². The molecule has 0 heterocycles. The maximum Gasteiger partial charge on any atom is 0.147 e. The third kappa shape index (κ3) is 2.74. The zero-order chi connectivity index (χ0) is 14.0. The number of benzene rings is 2. The molecule has 19 heavy (non-hydrogen) atoms. The highest BCUT2D eigenvalue weighted by Crippen LogP contribution is 2.32. The quantitative estimate of drug-likeness (QED) is 0.912. The van der Waals surface area contributed by atoms with Gasteiger partial charge in [0.25, 0.3) is 0 Å². The van der Waals surface area contributed by atoms with E-state index in [2.05, 4.69) is 0 Å². The number of hydrogen-bond acceptors (Lipinski definition) is 2. The second-order valence-corrected chi connectivity index (χ2v) is 4.51. The van der Waals surface area contributed by atoms with Crippen molar-refractivity contribution < 1.29 is 8.78 Å². The minimum Gasteiger partial charge on any atom is -0.342 e. The molecule has 100 valence electrons. The predicted octanol–water partition coefficient (Wildman–Crippen LogP) is 3.75. The van der Waals surface area contributed by atoms with Gasteiger partial charge >= 0.3 is 0 Å². The summed E-state index contributed by atoms with van der Waals surface area (Å²) < 4.78 is 27.3. The summed E-state index contributed by atoms with van der Waals surface area (Å²) in [5, 5.41) is 0. The number of nitrogens with two attached hydrogens (primary N) is 1. The van der Waals surface area contributed by atoms with E-state index in [9.17, 15) is 8.78 Å². The Morgan fingerprint density at radius 1 is 1.11 bits per heavy atom. The summed E-state index contributed by atoms with van der Waals surface area (Å²) in [4.78, 5) is 1.61. The number of para-hydroxylation sites is 1. The Bertz CT molecular complexity index is 582. The summed E-state index contributed by atoms with van der Waals surface area (Å²) >= 11 is 0. The number of rotatable bonds is 3. The van der Waals surface area contributed by atoms with Crippen molar-refractivity contribution in [2.75, 3.05) is 11.9 Å². The van der Waals surface area contributed by atoms with Crippen LogP contribution in [-0.2, 0) is 0 Å². The molecule has 0 radical (unpaired) electrons. The van der Waals surface area contributed by atoms with E-state index in [0.29, 0.717) is 16.9 Å². The molecule has 0 fully saturated rings. The molecule has 0 bridgehead atoms. The third-order valence-corrected chi connectivity index (χ3v) is 3.04. The lowest BCUT2D eigenvalue weighted by atomic mass is 10.1. The molecule has 0 amide bonds. The zero-order valence-corrected chi connectivity index (χ0v) is 10.9. The van der Waals surface area contributed by atoms with E-state index in [4.69, 9.17) is 5.73 Å². The van der Waals surface area contributed by atoms with E-state index in [1.807, 2.05) is 0 Å². The van der Waals surface area contributed by atoms with Crippen LogP contribution in [0.1, 0.15) is 18.5 Å². The molecule has 4 heteroatoms. The van der Waals surface area contributed by atoms with Crippen molar-refractivity contribution in [2.24, 2.45) is 5.73 Å². The molecule has 0 aliphatic carbocycles. The molecule has 2 aromatic rings. The van der Waals surface area contributed by atoms with Crippen LogP contribution in [0.3, 0.4) is 0 Å². The van der Waals surface area contributed by atoms with Gasteiger partial charge in [-0.2, -0.15) is 0 Å². The normalized spacial score (nSPS) is 12.3. The Labute approximate surface area is 111 Å². The van der Waals surface area contributed by atoms with Gasteiger partial charge in [0.05, 0.1) is 5.69 Å². The van der Waals surface area contributed by atoms with Crippen LogP contribution in [0.5, 0.6) is 0 Å². The van der Waals surface area contributed by atoms with E-state index in [0.717, 1.165) is 0 Å². The molecule has 2 nitrogen and oxygen atoms in total. The van der Waals surface area contributed by atoms with Crippen LogP contribution in [0.4, 0.5) is 20.2 Å². The first-order chi connectivity index (χ1) is 9.00. The Morgan fingerprint density at radius 3 is 2.42 bits per heavy atom. The smallest absolute Gasteiger partial charge is 0.147 e. The molecule has 2 aromatic carbocycles. The SMILES string of the molecule is C[C@H](N)c1cccc(F)c1N(C)c1cccc(F)c1. The van der Waals surface area contributed by atoms with Gasteiger partial charge in [0, 0.05) is 18.8 Å². The molecule has 0 unspecified atom stereocenters. The first-order valence-electron chi connectivity index (χ1n) is 6.04. The van der Waals surface area contributed by atoms with Crippen molar-refractivity contribution in [1.29, 1.82) is 0 Å². The Morgan fingerprint density at radius 2 is 1.79 bits per heavy atom. The van der Waals surface area contributed by atoms with Gasteiger partial charge in [-0.3, -0.25) is 0 Å². The fraction of sp³-hybridized carbons (Fsp3) is 0.200. The van der Waals surface area contributed by atoms with E-state index < -0.39 is 0 Å². The van der Waals surface area contributed by atoms with Crippen LogP contribution in [0, 0.1) is 11.6 Å². The average molecular weight is 262 g/mol. The van der Waals surface area contributed by atoms with Gasteiger partial charge < -0.3 is 10.6 Å². The first-order valence-corrected chi connectivity index (χ1v) is 6.04. The van der Waals surface area contributed by atoms with Crippen molar-refractivity contribution in [3.05, 3.63) is 59.7 Å². The van der Waals surface area contributed by atoms with Crippen LogP contribution >= 0.6 is 0 Å². The predicted molar refractivity (Wildman–Crippen MR) is 73.5 cm³/mol. The molecular weight excluding hydrogens is 246 g/mol. The van der Waals surface area contributed by atoms with E-state index in [-0.39, 0.29) is 17.7 Å². The van der Waals surface area contributed by atoms with Crippen LogP contribution in [-0.4, -0.2) is 7.05 Å². The van der Waals surface area contributed by atoms with Gasteiger partial charge in [-0.1, -0.05) is 18.2 Å². The summed E-state index contributed by atoms with van der Waals surface area (Å²) in [7, 11) is 1.69. The maximum absolute atomic E-state index is 14.1. The van der Waals surface area contributed by atoms with Gasteiger partial charge in [0.2, 0.25) is 0 Å². The molecule has 1 atom stereocenters. The van der Waals surface area contributed by atoms with Crippen molar-refractivity contribution in [2.45, 2.75) is 13.0 Å². The maximum atomic E-state index is 14.1. The molecule has 2 N–H and O–H groups in total. The standard InChI is InChI=1S/C15H16F2N2/c1-10(18)13-7-4-8-14(17)15(13)19(2)12-6-3-5-11(16)9-12/h3-10H,18H2,1-2H3/t10-/m0/s1. The third-order valence-electron chi connectivity index (χ3n) is 3.04. The average Bonchev–Trinajstić information content (AvgIpc) is 2.37. The monoisotopic (exact) mass is 262 g/mol. The molecule has 2 rings (SSSR count). The summed E-state index contributed by atoms with van der Waals surface area (Å²) in [6.07, 6.45) is 0. The summed E-state index contributed by atoms with van der Waals surface area (Å²) in [6, 6.07) is 10.5. The number of hydrogen-bond donors (Lipinski definition) is 1.